The molecule has 1 aliphatic rings. The fourth-order valence-electron chi connectivity index (χ4n) is 5.00. The topological polar surface area (TPSA) is 36.9 Å². The summed E-state index contributed by atoms with van der Waals surface area (Å²) in [4.78, 5) is 0. The van der Waals surface area contributed by atoms with Gasteiger partial charge in [0.25, 0.3) is 6.29 Å². The molecule has 0 bridgehead atoms. The van der Waals surface area contributed by atoms with E-state index in [1.54, 1.807) is 0 Å². The second-order valence-electron chi connectivity index (χ2n) is 10.4. The minimum absolute atomic E-state index is 0.291. The zero-order valence-electron chi connectivity index (χ0n) is 23.1. The number of hydrogen-bond acceptors (Lipinski definition) is 4. The SMILES string of the molecule is Cc1ccc(OC(Oc2ccc(-c3cc(C)ccc3OC(C)OC3CCCCC3)cc2)c2ccccc2)cc1. The molecular weight excluding hydrogens is 484 g/mol. The van der Waals surface area contributed by atoms with Gasteiger partial charge in [-0.05, 0) is 75.6 Å². The molecule has 39 heavy (non-hydrogen) atoms. The van der Waals surface area contributed by atoms with E-state index in [4.69, 9.17) is 18.9 Å². The van der Waals surface area contributed by atoms with Crippen LogP contribution in [0.25, 0.3) is 11.1 Å². The summed E-state index contributed by atoms with van der Waals surface area (Å²) in [6.07, 6.45) is 5.44. The maximum absolute atomic E-state index is 6.36. The highest BCUT2D eigenvalue weighted by Crippen LogP contribution is 2.34. The van der Waals surface area contributed by atoms with Crippen LogP contribution in [-0.4, -0.2) is 12.4 Å². The van der Waals surface area contributed by atoms with Crippen molar-refractivity contribution in [1.82, 2.24) is 0 Å². The van der Waals surface area contributed by atoms with E-state index in [1.165, 1.54) is 30.4 Å². The van der Waals surface area contributed by atoms with Crippen molar-refractivity contribution in [3.05, 3.63) is 114 Å². The first kappa shape index (κ1) is 26.8. The molecule has 202 valence electrons. The van der Waals surface area contributed by atoms with Gasteiger partial charge in [-0.2, -0.15) is 0 Å². The van der Waals surface area contributed by atoms with Crippen molar-refractivity contribution in [2.45, 2.75) is 71.6 Å². The van der Waals surface area contributed by atoms with Crippen LogP contribution in [0.4, 0.5) is 0 Å². The summed E-state index contributed by atoms with van der Waals surface area (Å²) in [6, 6.07) is 32.4. The molecule has 0 amide bonds. The van der Waals surface area contributed by atoms with Crippen molar-refractivity contribution in [3.8, 4) is 28.4 Å². The average molecular weight is 523 g/mol. The second kappa shape index (κ2) is 12.9. The Morgan fingerprint density at radius 2 is 1.26 bits per heavy atom. The Bertz CT molecular complexity index is 1310. The standard InChI is InChI=1S/C35H38O4/c1-25-14-19-31(20-15-25)38-35(29-10-6-4-7-11-29)39-32-21-17-28(18-22-32)33-24-26(2)16-23-34(33)37-27(3)36-30-12-8-5-9-13-30/h4,6-7,10-11,14-24,27,30,35H,5,8-9,12-13H2,1-3H3. The fourth-order valence-corrected chi connectivity index (χ4v) is 5.00. The lowest BCUT2D eigenvalue weighted by atomic mass is 9.98. The summed E-state index contributed by atoms with van der Waals surface area (Å²) < 4.78 is 25.1. The van der Waals surface area contributed by atoms with E-state index in [-0.39, 0.29) is 6.29 Å². The molecule has 1 fully saturated rings. The Morgan fingerprint density at radius 3 is 1.92 bits per heavy atom. The van der Waals surface area contributed by atoms with E-state index in [0.29, 0.717) is 6.10 Å². The Hall–Kier alpha value is -3.76. The van der Waals surface area contributed by atoms with Crippen LogP contribution in [0.5, 0.6) is 17.2 Å². The Labute approximate surface area is 232 Å². The quantitative estimate of drug-likeness (QED) is 0.195. The number of aryl methyl sites for hydroxylation is 2. The first-order valence-corrected chi connectivity index (χ1v) is 14.0. The van der Waals surface area contributed by atoms with Crippen LogP contribution in [-0.2, 0) is 4.74 Å². The van der Waals surface area contributed by atoms with Crippen LogP contribution in [0.3, 0.4) is 0 Å². The molecule has 4 aromatic carbocycles. The van der Waals surface area contributed by atoms with Gasteiger partial charge < -0.3 is 18.9 Å². The van der Waals surface area contributed by atoms with Crippen LogP contribution in [0.2, 0.25) is 0 Å². The number of rotatable bonds is 10. The van der Waals surface area contributed by atoms with Gasteiger partial charge in [0.1, 0.15) is 17.2 Å². The van der Waals surface area contributed by atoms with Crippen molar-refractivity contribution in [2.24, 2.45) is 0 Å². The fraction of sp³-hybridized carbons (Fsp3) is 0.314. The molecule has 0 aliphatic heterocycles. The molecule has 0 radical (unpaired) electrons. The maximum atomic E-state index is 6.36. The molecule has 1 aliphatic carbocycles. The first-order chi connectivity index (χ1) is 19.0. The molecule has 5 rings (SSSR count). The second-order valence-corrected chi connectivity index (χ2v) is 10.4. The third-order valence-electron chi connectivity index (χ3n) is 7.11. The van der Waals surface area contributed by atoms with Gasteiger partial charge in [-0.3, -0.25) is 0 Å². The molecule has 0 spiro atoms. The largest absolute Gasteiger partial charge is 0.465 e. The van der Waals surface area contributed by atoms with Gasteiger partial charge in [0.15, 0.2) is 6.29 Å². The van der Waals surface area contributed by atoms with Crippen LogP contribution < -0.4 is 14.2 Å². The molecule has 4 aromatic rings. The summed E-state index contributed by atoms with van der Waals surface area (Å²) in [5, 5.41) is 0. The predicted molar refractivity (Wildman–Crippen MR) is 156 cm³/mol. The lowest BCUT2D eigenvalue weighted by Crippen LogP contribution is -2.26. The molecule has 0 N–H and O–H groups in total. The molecule has 0 saturated heterocycles. The van der Waals surface area contributed by atoms with Crippen LogP contribution in [0, 0.1) is 13.8 Å². The van der Waals surface area contributed by atoms with Crippen molar-refractivity contribution in [2.75, 3.05) is 0 Å². The number of benzene rings is 4. The molecule has 0 aromatic heterocycles. The zero-order valence-corrected chi connectivity index (χ0v) is 23.1. The Kier molecular flexibility index (Phi) is 8.85. The molecule has 0 heterocycles. The third-order valence-corrected chi connectivity index (χ3v) is 7.11. The average Bonchev–Trinajstić information content (AvgIpc) is 2.96. The first-order valence-electron chi connectivity index (χ1n) is 14.0. The Balaban J connectivity index is 1.32. The van der Waals surface area contributed by atoms with E-state index in [1.807, 2.05) is 79.7 Å². The van der Waals surface area contributed by atoms with Crippen molar-refractivity contribution in [1.29, 1.82) is 0 Å². The summed E-state index contributed by atoms with van der Waals surface area (Å²) in [6.45, 7) is 6.15. The molecule has 1 saturated carbocycles. The van der Waals surface area contributed by atoms with Gasteiger partial charge in [0.2, 0.25) is 0 Å². The third kappa shape index (κ3) is 7.42. The lowest BCUT2D eigenvalue weighted by molar-refractivity contribution is -0.116. The van der Waals surface area contributed by atoms with E-state index in [0.717, 1.165) is 46.8 Å². The van der Waals surface area contributed by atoms with E-state index in [9.17, 15) is 0 Å². The Morgan fingerprint density at radius 1 is 0.641 bits per heavy atom. The monoisotopic (exact) mass is 522 g/mol. The zero-order chi connectivity index (χ0) is 27.0. The highest BCUT2D eigenvalue weighted by molar-refractivity contribution is 5.71. The highest BCUT2D eigenvalue weighted by atomic mass is 16.7. The minimum atomic E-state index is -0.574. The van der Waals surface area contributed by atoms with Crippen molar-refractivity contribution in [3.63, 3.8) is 0 Å². The van der Waals surface area contributed by atoms with Crippen LogP contribution in [0.15, 0.2) is 97.1 Å². The summed E-state index contributed by atoms with van der Waals surface area (Å²) >= 11 is 0. The van der Waals surface area contributed by atoms with Gasteiger partial charge >= 0.3 is 0 Å². The van der Waals surface area contributed by atoms with Crippen LogP contribution in [0.1, 0.15) is 62.0 Å². The molecule has 2 unspecified atom stereocenters. The van der Waals surface area contributed by atoms with Gasteiger partial charge in [-0.1, -0.05) is 91.1 Å². The summed E-state index contributed by atoms with van der Waals surface area (Å²) in [7, 11) is 0. The van der Waals surface area contributed by atoms with Crippen molar-refractivity contribution >= 4 is 0 Å². The van der Waals surface area contributed by atoms with E-state index >= 15 is 0 Å². The molecule has 2 atom stereocenters. The van der Waals surface area contributed by atoms with Gasteiger partial charge in [0.05, 0.1) is 6.10 Å². The minimum Gasteiger partial charge on any atom is -0.465 e. The lowest BCUT2D eigenvalue weighted by Gasteiger charge is -2.26. The van der Waals surface area contributed by atoms with Crippen molar-refractivity contribution < 1.29 is 18.9 Å². The maximum Gasteiger partial charge on any atom is 0.267 e. The van der Waals surface area contributed by atoms with Crippen LogP contribution >= 0.6 is 0 Å². The smallest absolute Gasteiger partial charge is 0.267 e. The molecular formula is C35H38O4. The van der Waals surface area contributed by atoms with E-state index in [2.05, 4.69) is 38.1 Å². The molecule has 4 heteroatoms. The number of ether oxygens (including phenoxy) is 4. The van der Waals surface area contributed by atoms with Gasteiger partial charge in [0, 0.05) is 11.1 Å². The van der Waals surface area contributed by atoms with Gasteiger partial charge in [-0.15, -0.1) is 0 Å². The predicted octanol–water partition coefficient (Wildman–Crippen LogP) is 9.20. The summed E-state index contributed by atoms with van der Waals surface area (Å²) in [5.41, 5.74) is 5.40. The summed E-state index contributed by atoms with van der Waals surface area (Å²) in [5.74, 6) is 2.31. The highest BCUT2D eigenvalue weighted by Gasteiger charge is 2.19. The van der Waals surface area contributed by atoms with Gasteiger partial charge in [-0.25, -0.2) is 0 Å². The normalized spacial score (nSPS) is 15.4. The molecule has 4 nitrogen and oxygen atoms in total. The van der Waals surface area contributed by atoms with E-state index < -0.39 is 6.29 Å². The number of hydrogen-bond donors (Lipinski definition) is 0.